The predicted molar refractivity (Wildman–Crippen MR) is 156 cm³/mol. The van der Waals surface area contributed by atoms with Crippen LogP contribution in [-0.2, 0) is 18.1 Å². The highest BCUT2D eigenvalue weighted by molar-refractivity contribution is 7.97. The highest BCUT2D eigenvalue weighted by atomic mass is 35.5. The fourth-order valence-corrected chi connectivity index (χ4v) is 4.66. The van der Waals surface area contributed by atoms with Gasteiger partial charge in [0.25, 0.3) is 5.91 Å². The summed E-state index contributed by atoms with van der Waals surface area (Å²) >= 11 is 7.79. The number of amides is 1. The highest BCUT2D eigenvalue weighted by Crippen LogP contribution is 2.29. The van der Waals surface area contributed by atoms with Gasteiger partial charge in [-0.2, -0.15) is 16.9 Å². The van der Waals surface area contributed by atoms with E-state index in [1.807, 2.05) is 91.5 Å². The summed E-state index contributed by atoms with van der Waals surface area (Å²) in [6.45, 7) is 2.80. The molecule has 5 nitrogen and oxygen atoms in total. The van der Waals surface area contributed by atoms with Crippen molar-refractivity contribution in [1.82, 2.24) is 5.43 Å². The van der Waals surface area contributed by atoms with Crippen molar-refractivity contribution in [1.29, 1.82) is 0 Å². The maximum Gasteiger partial charge on any atom is 0.271 e. The summed E-state index contributed by atoms with van der Waals surface area (Å²) < 4.78 is 11.7. The highest BCUT2D eigenvalue weighted by Gasteiger charge is 2.08. The van der Waals surface area contributed by atoms with E-state index in [1.165, 1.54) is 11.1 Å². The van der Waals surface area contributed by atoms with E-state index in [0.29, 0.717) is 35.3 Å². The van der Waals surface area contributed by atoms with Crippen molar-refractivity contribution in [3.8, 4) is 11.5 Å². The lowest BCUT2D eigenvalue weighted by Gasteiger charge is -2.12. The third-order valence-corrected chi connectivity index (χ3v) is 6.88. The monoisotopic (exact) mass is 544 g/mol. The SMILES string of the molecule is CCOc1cc(/C=N/NC(=O)c2ccc(CSCc3ccccc3)cc2)ccc1OCc1ccc(Cl)cc1. The Kier molecular flexibility index (Phi) is 10.2. The van der Waals surface area contributed by atoms with Crippen LogP contribution in [0.25, 0.3) is 0 Å². The zero-order chi connectivity index (χ0) is 26.6. The second-order valence-corrected chi connectivity index (χ2v) is 9.85. The molecule has 0 aliphatic carbocycles. The normalized spacial score (nSPS) is 10.9. The third kappa shape index (κ3) is 8.40. The number of rotatable bonds is 12. The van der Waals surface area contributed by atoms with Crippen molar-refractivity contribution in [2.24, 2.45) is 5.10 Å². The first-order valence-electron chi connectivity index (χ1n) is 12.3. The van der Waals surface area contributed by atoms with E-state index in [-0.39, 0.29) is 5.91 Å². The molecule has 0 aliphatic heterocycles. The number of carbonyl (C=O) groups excluding carboxylic acids is 1. The van der Waals surface area contributed by atoms with E-state index < -0.39 is 0 Å². The van der Waals surface area contributed by atoms with Gasteiger partial charge < -0.3 is 9.47 Å². The van der Waals surface area contributed by atoms with Gasteiger partial charge in [-0.25, -0.2) is 5.43 Å². The van der Waals surface area contributed by atoms with E-state index in [0.717, 1.165) is 22.6 Å². The molecule has 0 aliphatic rings. The van der Waals surface area contributed by atoms with Crippen molar-refractivity contribution in [2.75, 3.05) is 6.61 Å². The Morgan fingerprint density at radius 2 is 1.53 bits per heavy atom. The van der Waals surface area contributed by atoms with Crippen LogP contribution >= 0.6 is 23.4 Å². The topological polar surface area (TPSA) is 59.9 Å². The van der Waals surface area contributed by atoms with Gasteiger partial charge in [-0.05, 0) is 71.6 Å². The van der Waals surface area contributed by atoms with Gasteiger partial charge in [0, 0.05) is 22.1 Å². The fraction of sp³-hybridized carbons (Fsp3) is 0.161. The van der Waals surface area contributed by atoms with E-state index in [2.05, 4.69) is 34.8 Å². The van der Waals surface area contributed by atoms with Gasteiger partial charge in [-0.1, -0.05) is 66.2 Å². The smallest absolute Gasteiger partial charge is 0.271 e. The van der Waals surface area contributed by atoms with Crippen LogP contribution in [0.1, 0.15) is 39.5 Å². The molecule has 194 valence electrons. The second kappa shape index (κ2) is 14.3. The molecule has 7 heteroatoms. The molecule has 0 atom stereocenters. The molecule has 0 saturated heterocycles. The number of halogens is 1. The van der Waals surface area contributed by atoms with Crippen molar-refractivity contribution < 1.29 is 14.3 Å². The number of nitrogens with zero attached hydrogens (tertiary/aromatic N) is 1. The lowest BCUT2D eigenvalue weighted by atomic mass is 10.1. The number of thioether (sulfide) groups is 1. The number of ether oxygens (including phenoxy) is 2. The van der Waals surface area contributed by atoms with Crippen molar-refractivity contribution >= 4 is 35.5 Å². The standard InChI is InChI=1S/C31H29ClN2O3S/c1-2-36-30-18-26(12-17-29(30)37-20-23-10-15-28(32)16-11-23)19-33-34-31(35)27-13-8-25(9-14-27)22-38-21-24-6-4-3-5-7-24/h3-19H,2,20-22H2,1H3,(H,34,35)/b33-19+. The van der Waals surface area contributed by atoms with Crippen LogP contribution in [0.4, 0.5) is 0 Å². The largest absolute Gasteiger partial charge is 0.490 e. The first-order chi connectivity index (χ1) is 18.6. The maximum atomic E-state index is 12.5. The zero-order valence-electron chi connectivity index (χ0n) is 21.1. The molecule has 38 heavy (non-hydrogen) atoms. The van der Waals surface area contributed by atoms with Crippen LogP contribution in [0.15, 0.2) is 102 Å². The summed E-state index contributed by atoms with van der Waals surface area (Å²) in [6, 6.07) is 31.0. The molecule has 4 aromatic carbocycles. The molecule has 0 bridgehead atoms. The summed E-state index contributed by atoms with van der Waals surface area (Å²) in [5, 5.41) is 4.80. The molecule has 0 heterocycles. The van der Waals surface area contributed by atoms with Gasteiger partial charge in [0.1, 0.15) is 6.61 Å². The van der Waals surface area contributed by atoms with Crippen molar-refractivity contribution in [3.63, 3.8) is 0 Å². The first-order valence-corrected chi connectivity index (χ1v) is 13.8. The average molecular weight is 545 g/mol. The minimum atomic E-state index is -0.266. The molecule has 0 spiro atoms. The van der Waals surface area contributed by atoms with Crippen LogP contribution < -0.4 is 14.9 Å². The van der Waals surface area contributed by atoms with Gasteiger partial charge >= 0.3 is 0 Å². The Hall–Kier alpha value is -3.74. The number of hydrazone groups is 1. The Bertz CT molecular complexity index is 1340. The third-order valence-electron chi connectivity index (χ3n) is 5.55. The number of benzene rings is 4. The number of nitrogens with one attached hydrogen (secondary N) is 1. The van der Waals surface area contributed by atoms with Crippen molar-refractivity contribution in [3.05, 3.63) is 130 Å². The Balaban J connectivity index is 1.28. The summed E-state index contributed by atoms with van der Waals surface area (Å²) in [6.07, 6.45) is 1.58. The van der Waals surface area contributed by atoms with Crippen LogP contribution in [0.2, 0.25) is 5.02 Å². The van der Waals surface area contributed by atoms with Gasteiger partial charge in [0.2, 0.25) is 0 Å². The summed E-state index contributed by atoms with van der Waals surface area (Å²) in [5.41, 5.74) is 7.41. The summed E-state index contributed by atoms with van der Waals surface area (Å²) in [7, 11) is 0. The van der Waals surface area contributed by atoms with Crippen molar-refractivity contribution in [2.45, 2.75) is 25.0 Å². The molecule has 1 amide bonds. The van der Waals surface area contributed by atoms with E-state index >= 15 is 0 Å². The second-order valence-electron chi connectivity index (χ2n) is 8.43. The number of hydrogen-bond donors (Lipinski definition) is 1. The molecule has 0 radical (unpaired) electrons. The molecule has 0 saturated carbocycles. The van der Waals surface area contributed by atoms with E-state index in [1.54, 1.807) is 6.21 Å². The number of carbonyl (C=O) groups is 1. The van der Waals surface area contributed by atoms with Gasteiger partial charge in [0.05, 0.1) is 12.8 Å². The molecular formula is C31H29ClN2O3S. The van der Waals surface area contributed by atoms with Gasteiger partial charge in [-0.3, -0.25) is 4.79 Å². The molecular weight excluding hydrogens is 516 g/mol. The molecule has 0 fully saturated rings. The summed E-state index contributed by atoms with van der Waals surface area (Å²) in [4.78, 5) is 12.5. The van der Waals surface area contributed by atoms with Crippen LogP contribution in [-0.4, -0.2) is 18.7 Å². The van der Waals surface area contributed by atoms with E-state index in [4.69, 9.17) is 21.1 Å². The first kappa shape index (κ1) is 27.3. The molecule has 4 aromatic rings. The molecule has 4 rings (SSSR count). The van der Waals surface area contributed by atoms with Crippen LogP contribution in [0, 0.1) is 0 Å². The lowest BCUT2D eigenvalue weighted by molar-refractivity contribution is 0.0955. The summed E-state index contributed by atoms with van der Waals surface area (Å²) in [5.74, 6) is 2.81. The Morgan fingerprint density at radius 1 is 0.842 bits per heavy atom. The Morgan fingerprint density at radius 3 is 2.24 bits per heavy atom. The minimum absolute atomic E-state index is 0.266. The van der Waals surface area contributed by atoms with Crippen LogP contribution in [0.5, 0.6) is 11.5 Å². The van der Waals surface area contributed by atoms with Gasteiger partial charge in [0.15, 0.2) is 11.5 Å². The zero-order valence-corrected chi connectivity index (χ0v) is 22.7. The lowest BCUT2D eigenvalue weighted by Crippen LogP contribution is -2.17. The predicted octanol–water partition coefficient (Wildman–Crippen LogP) is 7.52. The fourth-order valence-electron chi connectivity index (χ4n) is 3.58. The van der Waals surface area contributed by atoms with Crippen LogP contribution in [0.3, 0.4) is 0 Å². The van der Waals surface area contributed by atoms with Gasteiger partial charge in [-0.15, -0.1) is 0 Å². The minimum Gasteiger partial charge on any atom is -0.490 e. The maximum absolute atomic E-state index is 12.5. The average Bonchev–Trinajstić information content (AvgIpc) is 2.94. The van der Waals surface area contributed by atoms with E-state index in [9.17, 15) is 4.79 Å². The molecule has 0 aromatic heterocycles. The molecule has 1 N–H and O–H groups in total. The molecule has 0 unspecified atom stereocenters. The quantitative estimate of drug-likeness (QED) is 0.148. The number of hydrogen-bond acceptors (Lipinski definition) is 5. The Labute approximate surface area is 232 Å².